The summed E-state index contributed by atoms with van der Waals surface area (Å²) in [5.74, 6) is 0. The number of carbonyl (C=O) groups is 1. The van der Waals surface area contributed by atoms with Gasteiger partial charge in [0.15, 0.2) is 0 Å². The van der Waals surface area contributed by atoms with Crippen LogP contribution in [0.5, 0.6) is 0 Å². The smallest absolute Gasteiger partial charge is 0.447 e. The number of carboxylic acid groups (broad SMARTS) is 1. The van der Waals surface area contributed by atoms with Crippen molar-refractivity contribution in [1.29, 1.82) is 0 Å². The molecule has 0 bridgehead atoms. The lowest BCUT2D eigenvalue weighted by atomic mass is 11.0. The van der Waals surface area contributed by atoms with Gasteiger partial charge in [-0.2, -0.15) is 5.53 Å². The van der Waals surface area contributed by atoms with Crippen molar-refractivity contribution in [3.63, 3.8) is 0 Å². The van der Waals surface area contributed by atoms with Gasteiger partial charge < -0.3 is 5.11 Å². The van der Waals surface area contributed by atoms with E-state index in [-0.39, 0.29) is 0 Å². The second-order valence-corrected chi connectivity index (χ2v) is 1.51. The topological polar surface area (TPSA) is 68.2 Å². The van der Waals surface area contributed by atoms with Crippen LogP contribution in [0.4, 0.5) is 4.79 Å². The van der Waals surface area contributed by atoms with E-state index in [1.54, 1.807) is 7.05 Å². The van der Waals surface area contributed by atoms with E-state index in [2.05, 4.69) is 10.6 Å². The van der Waals surface area contributed by atoms with Gasteiger partial charge in [-0.3, -0.25) is 5.01 Å². The molecule has 0 unspecified atom stereocenters. The van der Waals surface area contributed by atoms with Crippen LogP contribution in [0.2, 0.25) is 0 Å². The molecule has 1 heterocycles. The first-order chi connectivity index (χ1) is 4.22. The molecule has 0 aromatic carbocycles. The van der Waals surface area contributed by atoms with Crippen LogP contribution in [0.25, 0.3) is 0 Å². The highest BCUT2D eigenvalue weighted by molar-refractivity contribution is 5.68. The van der Waals surface area contributed by atoms with E-state index >= 15 is 0 Å². The molecule has 50 valence electrons. The number of amides is 1. The average Bonchev–Trinajstić information content (AvgIpc) is 2.13. The second kappa shape index (κ2) is 1.81. The number of rotatable bonds is 0. The summed E-state index contributed by atoms with van der Waals surface area (Å²) >= 11 is 0. The maximum atomic E-state index is 10.2. The molecule has 9 heavy (non-hydrogen) atoms. The molecule has 0 fully saturated rings. The summed E-state index contributed by atoms with van der Waals surface area (Å²) in [4.78, 5) is 10.2. The molecule has 0 saturated heterocycles. The van der Waals surface area contributed by atoms with E-state index in [1.807, 2.05) is 0 Å². The van der Waals surface area contributed by atoms with E-state index in [0.29, 0.717) is 0 Å². The van der Waals surface area contributed by atoms with Gasteiger partial charge in [0.25, 0.3) is 0 Å². The molecule has 0 radical (unpaired) electrons. The van der Waals surface area contributed by atoms with Gasteiger partial charge in [0.1, 0.15) is 6.34 Å². The first-order valence-electron chi connectivity index (χ1n) is 2.26. The maximum Gasteiger partial charge on any atom is 0.447 e. The minimum atomic E-state index is -1.09. The first-order valence-corrected chi connectivity index (χ1v) is 2.26. The highest BCUT2D eigenvalue weighted by Crippen LogP contribution is 1.92. The quantitative estimate of drug-likeness (QED) is 0.454. The summed E-state index contributed by atoms with van der Waals surface area (Å²) in [7, 11) is 1.57. The van der Waals surface area contributed by atoms with Crippen LogP contribution in [-0.2, 0) is 0 Å². The Labute approximate surface area is 51.3 Å². The Morgan fingerprint density at radius 2 is 2.56 bits per heavy atom. The lowest BCUT2D eigenvalue weighted by Crippen LogP contribution is -2.44. The zero-order valence-corrected chi connectivity index (χ0v) is 4.77. The molecule has 1 aliphatic rings. The highest BCUT2D eigenvalue weighted by Gasteiger charge is 2.17. The van der Waals surface area contributed by atoms with Gasteiger partial charge in [0.05, 0.1) is 0 Å². The van der Waals surface area contributed by atoms with Crippen molar-refractivity contribution in [3.8, 4) is 0 Å². The summed E-state index contributed by atoms with van der Waals surface area (Å²) in [6.45, 7) is 0. The molecular formula is C3H6N4O2. The van der Waals surface area contributed by atoms with Gasteiger partial charge in [-0.1, -0.05) is 0 Å². The maximum absolute atomic E-state index is 10.2. The zero-order valence-electron chi connectivity index (χ0n) is 4.77. The summed E-state index contributed by atoms with van der Waals surface area (Å²) in [6.07, 6.45) is 0.267. The number of hydrogen-bond acceptors (Lipinski definition) is 4. The third kappa shape index (κ3) is 0.857. The van der Waals surface area contributed by atoms with Crippen LogP contribution in [-0.4, -0.2) is 34.7 Å². The van der Waals surface area contributed by atoms with Gasteiger partial charge in [0, 0.05) is 7.05 Å². The van der Waals surface area contributed by atoms with Crippen LogP contribution < -0.4 is 5.53 Å². The average molecular weight is 130 g/mol. The number of hydrazine groups is 2. The second-order valence-electron chi connectivity index (χ2n) is 1.51. The molecule has 1 rings (SSSR count). The highest BCUT2D eigenvalue weighted by atomic mass is 16.4. The van der Waals surface area contributed by atoms with E-state index in [0.717, 1.165) is 5.12 Å². The molecular weight excluding hydrogens is 124 g/mol. The number of nitrogens with zero attached hydrogens (tertiary/aromatic N) is 3. The van der Waals surface area contributed by atoms with Crippen LogP contribution in [0.1, 0.15) is 0 Å². The SMILES string of the molecule is CN1C=NNN1C(=O)O. The molecule has 6 heteroatoms. The van der Waals surface area contributed by atoms with E-state index in [4.69, 9.17) is 5.11 Å². The number of hydrogen-bond donors (Lipinski definition) is 2. The Hall–Kier alpha value is -1.46. The monoisotopic (exact) mass is 130 g/mol. The van der Waals surface area contributed by atoms with Crippen molar-refractivity contribution < 1.29 is 9.90 Å². The molecule has 0 aliphatic carbocycles. The Balaban J connectivity index is 2.55. The van der Waals surface area contributed by atoms with E-state index in [9.17, 15) is 4.79 Å². The van der Waals surface area contributed by atoms with Crippen molar-refractivity contribution in [1.82, 2.24) is 15.7 Å². The van der Waals surface area contributed by atoms with Crippen molar-refractivity contribution >= 4 is 12.4 Å². The molecule has 0 atom stereocenters. The Morgan fingerprint density at radius 3 is 2.78 bits per heavy atom. The number of nitrogens with one attached hydrogen (secondary N) is 1. The number of hydrazone groups is 1. The lowest BCUT2D eigenvalue weighted by Gasteiger charge is -2.17. The van der Waals surface area contributed by atoms with Crippen LogP contribution in [0.15, 0.2) is 5.10 Å². The third-order valence-electron chi connectivity index (χ3n) is 0.874. The first kappa shape index (κ1) is 5.67. The van der Waals surface area contributed by atoms with Crippen molar-refractivity contribution in [2.75, 3.05) is 7.05 Å². The summed E-state index contributed by atoms with van der Waals surface area (Å²) in [5, 5.41) is 13.9. The standard InChI is InChI=1S/C3H6N4O2/c1-6-2-4-5-7(6)3(8)9/h2,5H,1H3,(H,8,9). The molecule has 6 nitrogen and oxygen atoms in total. The molecule has 0 aromatic rings. The fourth-order valence-corrected chi connectivity index (χ4v) is 0.464. The van der Waals surface area contributed by atoms with Crippen LogP contribution in [0, 0.1) is 0 Å². The fourth-order valence-electron chi connectivity index (χ4n) is 0.464. The molecule has 2 N–H and O–H groups in total. The Bertz CT molecular complexity index is 156. The predicted octanol–water partition coefficient (Wildman–Crippen LogP) is -0.725. The minimum Gasteiger partial charge on any atom is -0.462 e. The van der Waals surface area contributed by atoms with Crippen molar-refractivity contribution in [2.24, 2.45) is 5.10 Å². The van der Waals surface area contributed by atoms with Crippen LogP contribution in [0.3, 0.4) is 0 Å². The Kier molecular flexibility index (Phi) is 1.14. The van der Waals surface area contributed by atoms with Gasteiger partial charge >= 0.3 is 6.09 Å². The third-order valence-corrected chi connectivity index (χ3v) is 0.874. The van der Waals surface area contributed by atoms with Gasteiger partial charge in [0.2, 0.25) is 0 Å². The summed E-state index contributed by atoms with van der Waals surface area (Å²) in [5.41, 5.74) is 2.23. The molecule has 1 aliphatic heterocycles. The van der Waals surface area contributed by atoms with E-state index in [1.165, 1.54) is 11.3 Å². The summed E-state index contributed by atoms with van der Waals surface area (Å²) in [6, 6.07) is 0. The van der Waals surface area contributed by atoms with E-state index < -0.39 is 6.09 Å². The zero-order chi connectivity index (χ0) is 6.85. The molecule has 0 spiro atoms. The largest absolute Gasteiger partial charge is 0.462 e. The molecule has 1 amide bonds. The van der Waals surface area contributed by atoms with Crippen molar-refractivity contribution in [2.45, 2.75) is 0 Å². The molecule has 0 aromatic heterocycles. The van der Waals surface area contributed by atoms with Crippen molar-refractivity contribution in [3.05, 3.63) is 0 Å². The summed E-state index contributed by atoms with van der Waals surface area (Å²) < 4.78 is 0. The Morgan fingerprint density at radius 1 is 1.89 bits per heavy atom. The normalized spacial score (nSPS) is 16.1. The molecule has 0 saturated carbocycles. The van der Waals surface area contributed by atoms with Crippen LogP contribution >= 0.6 is 0 Å². The lowest BCUT2D eigenvalue weighted by molar-refractivity contribution is 0.0425. The van der Waals surface area contributed by atoms with Gasteiger partial charge in [-0.25, -0.2) is 4.79 Å². The fraction of sp³-hybridized carbons (Fsp3) is 0.333. The minimum absolute atomic E-state index is 0.847. The predicted molar refractivity (Wildman–Crippen MR) is 29.3 cm³/mol. The van der Waals surface area contributed by atoms with Gasteiger partial charge in [-0.15, -0.1) is 10.2 Å². The van der Waals surface area contributed by atoms with Gasteiger partial charge in [-0.05, 0) is 0 Å².